The number of nitrogens with one attached hydrogen (secondary N) is 1. The van der Waals surface area contributed by atoms with E-state index in [2.05, 4.69) is 37.2 Å². The number of anilines is 1. The highest BCUT2D eigenvalue weighted by Gasteiger charge is 2.13. The van der Waals surface area contributed by atoms with E-state index in [4.69, 9.17) is 4.74 Å². The van der Waals surface area contributed by atoms with E-state index in [1.54, 1.807) is 12.1 Å². The van der Waals surface area contributed by atoms with Gasteiger partial charge in [0.1, 0.15) is 17.4 Å². The van der Waals surface area contributed by atoms with Gasteiger partial charge in [-0.2, -0.15) is 5.26 Å². The lowest BCUT2D eigenvalue weighted by molar-refractivity contribution is -0.384. The van der Waals surface area contributed by atoms with Crippen molar-refractivity contribution in [1.82, 2.24) is 0 Å². The maximum atomic E-state index is 12.3. The summed E-state index contributed by atoms with van der Waals surface area (Å²) in [5.41, 5.74) is 0.748. The second-order valence-electron chi connectivity index (χ2n) is 4.95. The fourth-order valence-electron chi connectivity index (χ4n) is 2.04. The fraction of sp³-hybridized carbons (Fsp3) is 0.0588. The Morgan fingerprint density at radius 2 is 1.85 bits per heavy atom. The van der Waals surface area contributed by atoms with Crippen LogP contribution in [-0.4, -0.2) is 17.9 Å². The summed E-state index contributed by atoms with van der Waals surface area (Å²) < 4.78 is 6.53. The van der Waals surface area contributed by atoms with Crippen LogP contribution in [0.5, 0.6) is 5.75 Å². The van der Waals surface area contributed by atoms with Gasteiger partial charge in [0.2, 0.25) is 0 Å². The third-order valence-corrected chi connectivity index (χ3v) is 4.41. The van der Waals surface area contributed by atoms with Gasteiger partial charge < -0.3 is 10.1 Å². The standard InChI is InChI=1S/C17H11Br2N3O4/c1-26-16-14(18)7-10(8-15(16)19)6-11(9-20)17(23)21-12-2-4-13(5-3-12)22(24)25/h2-8H,1H3,(H,21,23)/b11-6+. The highest BCUT2D eigenvalue weighted by Crippen LogP contribution is 2.35. The molecule has 1 amide bonds. The van der Waals surface area contributed by atoms with Crippen LogP contribution >= 0.6 is 31.9 Å². The molecule has 0 fully saturated rings. The minimum Gasteiger partial charge on any atom is -0.494 e. The van der Waals surface area contributed by atoms with Crippen molar-refractivity contribution in [2.24, 2.45) is 0 Å². The van der Waals surface area contributed by atoms with E-state index < -0.39 is 10.8 Å². The quantitative estimate of drug-likeness (QED) is 0.289. The number of non-ortho nitro benzene ring substituents is 1. The predicted octanol–water partition coefficient (Wildman–Crippen LogP) is 4.67. The first-order chi connectivity index (χ1) is 12.3. The van der Waals surface area contributed by atoms with Gasteiger partial charge in [0.15, 0.2) is 0 Å². The molecule has 0 aliphatic rings. The molecule has 9 heteroatoms. The van der Waals surface area contributed by atoms with Crippen LogP contribution in [0.2, 0.25) is 0 Å². The molecule has 26 heavy (non-hydrogen) atoms. The normalized spacial score (nSPS) is 10.8. The van der Waals surface area contributed by atoms with Crippen LogP contribution in [0, 0.1) is 21.4 Å². The van der Waals surface area contributed by atoms with Crippen LogP contribution in [0.4, 0.5) is 11.4 Å². The van der Waals surface area contributed by atoms with E-state index in [1.807, 2.05) is 6.07 Å². The Hall–Kier alpha value is -2.70. The monoisotopic (exact) mass is 479 g/mol. The number of halogens is 2. The lowest BCUT2D eigenvalue weighted by Gasteiger charge is -2.08. The van der Waals surface area contributed by atoms with Gasteiger partial charge in [-0.05, 0) is 67.8 Å². The summed E-state index contributed by atoms with van der Waals surface area (Å²) in [4.78, 5) is 22.4. The molecule has 2 aromatic carbocycles. The molecule has 0 bridgehead atoms. The van der Waals surface area contributed by atoms with E-state index in [-0.39, 0.29) is 11.3 Å². The Balaban J connectivity index is 2.24. The third kappa shape index (κ3) is 4.68. The molecule has 1 N–H and O–H groups in total. The van der Waals surface area contributed by atoms with Crippen LogP contribution in [0.3, 0.4) is 0 Å². The van der Waals surface area contributed by atoms with Crippen LogP contribution in [0.25, 0.3) is 6.08 Å². The number of nitro benzene ring substituents is 1. The van der Waals surface area contributed by atoms with Crippen molar-refractivity contribution in [2.45, 2.75) is 0 Å². The first-order valence-corrected chi connectivity index (χ1v) is 8.65. The average molecular weight is 481 g/mol. The molecule has 2 aromatic rings. The molecule has 0 unspecified atom stereocenters. The van der Waals surface area contributed by atoms with Crippen LogP contribution in [0.15, 0.2) is 50.9 Å². The fourth-order valence-corrected chi connectivity index (χ4v) is 3.58. The molecule has 0 atom stereocenters. The highest BCUT2D eigenvalue weighted by atomic mass is 79.9. The topological polar surface area (TPSA) is 105 Å². The van der Waals surface area contributed by atoms with Crippen molar-refractivity contribution in [3.05, 3.63) is 66.6 Å². The predicted molar refractivity (Wildman–Crippen MR) is 104 cm³/mol. The highest BCUT2D eigenvalue weighted by molar-refractivity contribution is 9.11. The summed E-state index contributed by atoms with van der Waals surface area (Å²) in [7, 11) is 1.53. The van der Waals surface area contributed by atoms with Crippen LogP contribution < -0.4 is 10.1 Å². The molecule has 0 radical (unpaired) electrons. The Labute approximate surface area is 165 Å². The minimum atomic E-state index is -0.621. The third-order valence-electron chi connectivity index (χ3n) is 3.24. The van der Waals surface area contributed by atoms with Gasteiger partial charge in [-0.15, -0.1) is 0 Å². The lowest BCUT2D eigenvalue weighted by Crippen LogP contribution is -2.13. The number of amides is 1. The van der Waals surface area contributed by atoms with Gasteiger partial charge in [-0.3, -0.25) is 14.9 Å². The second kappa shape index (κ2) is 8.60. The SMILES string of the molecule is COc1c(Br)cc(/C=C(\C#N)C(=O)Nc2ccc([N+](=O)[O-])cc2)cc1Br. The van der Waals surface area contributed by atoms with Gasteiger partial charge in [0.25, 0.3) is 11.6 Å². The number of hydrogen-bond acceptors (Lipinski definition) is 5. The summed E-state index contributed by atoms with van der Waals surface area (Å²) in [5, 5.41) is 22.4. The van der Waals surface area contributed by atoms with E-state index in [1.165, 1.54) is 37.5 Å². The largest absolute Gasteiger partial charge is 0.494 e. The summed E-state index contributed by atoms with van der Waals surface area (Å²) in [5.74, 6) is -0.0274. The molecule has 0 aromatic heterocycles. The summed E-state index contributed by atoms with van der Waals surface area (Å²) >= 11 is 6.71. The Morgan fingerprint density at radius 1 is 1.27 bits per heavy atom. The zero-order chi connectivity index (χ0) is 19.3. The molecule has 132 valence electrons. The number of nitriles is 1. The maximum absolute atomic E-state index is 12.3. The van der Waals surface area contributed by atoms with E-state index >= 15 is 0 Å². The number of hydrogen-bond donors (Lipinski definition) is 1. The minimum absolute atomic E-state index is 0.0908. The van der Waals surface area contributed by atoms with Gasteiger partial charge in [0, 0.05) is 17.8 Å². The van der Waals surface area contributed by atoms with Gasteiger partial charge >= 0.3 is 0 Å². The molecular weight excluding hydrogens is 470 g/mol. The number of benzene rings is 2. The van der Waals surface area contributed by atoms with Crippen molar-refractivity contribution >= 4 is 55.2 Å². The summed E-state index contributed by atoms with van der Waals surface area (Å²) in [6.07, 6.45) is 1.43. The number of carbonyl (C=O) groups excluding carboxylic acids is 1. The number of carbonyl (C=O) groups is 1. The maximum Gasteiger partial charge on any atom is 0.269 e. The Morgan fingerprint density at radius 3 is 2.31 bits per heavy atom. The molecule has 0 heterocycles. The molecule has 0 saturated heterocycles. The number of rotatable bonds is 5. The number of ether oxygens (including phenoxy) is 1. The molecule has 0 aliphatic heterocycles. The number of nitro groups is 1. The van der Waals surface area contributed by atoms with E-state index in [0.29, 0.717) is 25.9 Å². The van der Waals surface area contributed by atoms with Crippen molar-refractivity contribution in [1.29, 1.82) is 5.26 Å². The van der Waals surface area contributed by atoms with Crippen molar-refractivity contribution in [3.8, 4) is 11.8 Å². The van der Waals surface area contributed by atoms with E-state index in [0.717, 1.165) is 0 Å². The second-order valence-corrected chi connectivity index (χ2v) is 6.65. The lowest BCUT2D eigenvalue weighted by atomic mass is 10.1. The first-order valence-electron chi connectivity index (χ1n) is 7.06. The van der Waals surface area contributed by atoms with Gasteiger partial charge in [-0.1, -0.05) is 0 Å². The average Bonchev–Trinajstić information content (AvgIpc) is 2.59. The van der Waals surface area contributed by atoms with Crippen molar-refractivity contribution in [3.63, 3.8) is 0 Å². The summed E-state index contributed by atoms with van der Waals surface area (Å²) in [6.45, 7) is 0. The molecule has 2 rings (SSSR count). The molecule has 0 spiro atoms. The van der Waals surface area contributed by atoms with Crippen LogP contribution in [0.1, 0.15) is 5.56 Å². The van der Waals surface area contributed by atoms with Crippen molar-refractivity contribution < 1.29 is 14.5 Å². The number of methoxy groups -OCH3 is 1. The summed E-state index contributed by atoms with van der Waals surface area (Å²) in [6, 6.07) is 10.6. The molecular formula is C17H11Br2N3O4. The Kier molecular flexibility index (Phi) is 6.49. The molecule has 7 nitrogen and oxygen atoms in total. The van der Waals surface area contributed by atoms with E-state index in [9.17, 15) is 20.2 Å². The van der Waals surface area contributed by atoms with Crippen molar-refractivity contribution in [2.75, 3.05) is 12.4 Å². The van der Waals surface area contributed by atoms with Gasteiger partial charge in [0.05, 0.1) is 21.0 Å². The Bertz CT molecular complexity index is 911. The molecule has 0 aliphatic carbocycles. The smallest absolute Gasteiger partial charge is 0.269 e. The zero-order valence-electron chi connectivity index (χ0n) is 13.3. The molecule has 0 saturated carbocycles. The first kappa shape index (κ1) is 19.6. The van der Waals surface area contributed by atoms with Gasteiger partial charge in [-0.25, -0.2) is 0 Å². The zero-order valence-corrected chi connectivity index (χ0v) is 16.5. The van der Waals surface area contributed by atoms with Crippen LogP contribution in [-0.2, 0) is 4.79 Å². The number of nitrogens with zero attached hydrogens (tertiary/aromatic N) is 2.